The van der Waals surface area contributed by atoms with Gasteiger partial charge in [-0.1, -0.05) is 25.4 Å². The highest BCUT2D eigenvalue weighted by Gasteiger charge is 2.47. The van der Waals surface area contributed by atoms with E-state index in [0.717, 1.165) is 0 Å². The van der Waals surface area contributed by atoms with Crippen molar-refractivity contribution in [1.29, 1.82) is 0 Å². The molecule has 1 aliphatic rings. The van der Waals surface area contributed by atoms with E-state index in [2.05, 4.69) is 5.32 Å². The first kappa shape index (κ1) is 17.1. The first-order valence-corrected chi connectivity index (χ1v) is 7.46. The van der Waals surface area contributed by atoms with Crippen LogP contribution in [0.4, 0.5) is 18.9 Å². The van der Waals surface area contributed by atoms with Crippen LogP contribution >= 0.6 is 11.6 Å². The topological polar surface area (TPSA) is 32.3 Å². The van der Waals surface area contributed by atoms with Crippen molar-refractivity contribution < 1.29 is 18.0 Å². The minimum absolute atomic E-state index is 0.00499. The highest BCUT2D eigenvalue weighted by molar-refractivity contribution is 6.30. The van der Waals surface area contributed by atoms with E-state index in [9.17, 15) is 18.0 Å². The quantitative estimate of drug-likeness (QED) is 0.896. The van der Waals surface area contributed by atoms with Crippen LogP contribution in [0.1, 0.15) is 31.9 Å². The van der Waals surface area contributed by atoms with E-state index in [0.29, 0.717) is 6.42 Å². The van der Waals surface area contributed by atoms with Crippen LogP contribution in [0, 0.1) is 5.92 Å². The molecule has 1 atom stereocenters. The third-order valence-corrected chi connectivity index (χ3v) is 3.83. The van der Waals surface area contributed by atoms with Gasteiger partial charge in [0.1, 0.15) is 6.04 Å². The molecule has 3 nitrogen and oxygen atoms in total. The lowest BCUT2D eigenvalue weighted by Gasteiger charge is -2.32. The molecule has 1 N–H and O–H groups in total. The second-order valence-electron chi connectivity index (χ2n) is 5.88. The zero-order valence-corrected chi connectivity index (χ0v) is 13.1. The van der Waals surface area contributed by atoms with Gasteiger partial charge in [0.25, 0.3) is 0 Å². The molecule has 0 aliphatic carbocycles. The summed E-state index contributed by atoms with van der Waals surface area (Å²) in [5.41, 5.74) is 0.165. The fourth-order valence-electron chi connectivity index (χ4n) is 2.55. The Kier molecular flexibility index (Phi) is 5.02. The van der Waals surface area contributed by atoms with Gasteiger partial charge in [0.15, 0.2) is 0 Å². The van der Waals surface area contributed by atoms with E-state index in [-0.39, 0.29) is 35.3 Å². The van der Waals surface area contributed by atoms with Crippen molar-refractivity contribution in [2.45, 2.75) is 32.5 Å². The van der Waals surface area contributed by atoms with Gasteiger partial charge in [-0.15, -0.1) is 0 Å². The zero-order chi connectivity index (χ0) is 16.5. The number of carbonyl (C=O) groups is 1. The van der Waals surface area contributed by atoms with Gasteiger partial charge in [-0.3, -0.25) is 9.69 Å². The summed E-state index contributed by atoms with van der Waals surface area (Å²) in [6.07, 6.45) is -3.90. The third-order valence-electron chi connectivity index (χ3n) is 3.60. The molecule has 1 amide bonds. The van der Waals surface area contributed by atoms with Crippen LogP contribution < -0.4 is 5.32 Å². The summed E-state index contributed by atoms with van der Waals surface area (Å²) in [6.45, 7) is 3.78. The van der Waals surface area contributed by atoms with Crippen LogP contribution in [0.5, 0.6) is 0 Å². The number of benzene rings is 1. The Hall–Kier alpha value is -1.27. The van der Waals surface area contributed by atoms with Gasteiger partial charge in [0, 0.05) is 16.3 Å². The van der Waals surface area contributed by atoms with Crippen LogP contribution in [-0.2, 0) is 4.79 Å². The lowest BCUT2D eigenvalue weighted by Crippen LogP contribution is -2.41. The van der Waals surface area contributed by atoms with Crippen molar-refractivity contribution in [3.63, 3.8) is 0 Å². The number of nitrogens with zero attached hydrogens (tertiary/aromatic N) is 1. The minimum Gasteiger partial charge on any atom is -0.325 e. The number of hydrogen-bond acceptors (Lipinski definition) is 2. The van der Waals surface area contributed by atoms with E-state index in [1.165, 1.54) is 23.1 Å². The molecule has 22 heavy (non-hydrogen) atoms. The third kappa shape index (κ3) is 3.93. The van der Waals surface area contributed by atoms with E-state index in [1.54, 1.807) is 0 Å². The first-order chi connectivity index (χ1) is 10.2. The minimum atomic E-state index is -4.48. The van der Waals surface area contributed by atoms with Gasteiger partial charge in [-0.25, -0.2) is 0 Å². The Morgan fingerprint density at radius 3 is 2.68 bits per heavy atom. The summed E-state index contributed by atoms with van der Waals surface area (Å²) in [5, 5.41) is 2.75. The highest BCUT2D eigenvalue weighted by atomic mass is 35.5. The van der Waals surface area contributed by atoms with Gasteiger partial charge < -0.3 is 5.32 Å². The standard InChI is InChI=1S/C15H18ClF3N2O/c1-9(2)5-6-21-8-13(22)20-12-4-3-10(16)7-11(12)14(21)15(17,18)19/h3-4,7,9,14H,5-6,8H2,1-2H3,(H,20,22). The van der Waals surface area contributed by atoms with Crippen molar-refractivity contribution in [2.24, 2.45) is 5.92 Å². The molecule has 122 valence electrons. The predicted octanol–water partition coefficient (Wildman–Crippen LogP) is 4.24. The lowest BCUT2D eigenvalue weighted by molar-refractivity contribution is -0.186. The average Bonchev–Trinajstić information content (AvgIpc) is 2.50. The molecular formula is C15H18ClF3N2O. The zero-order valence-electron chi connectivity index (χ0n) is 12.4. The predicted molar refractivity (Wildman–Crippen MR) is 79.9 cm³/mol. The number of amides is 1. The molecule has 0 radical (unpaired) electrons. The van der Waals surface area contributed by atoms with Crippen molar-refractivity contribution in [3.05, 3.63) is 28.8 Å². The fraction of sp³-hybridized carbons (Fsp3) is 0.533. The van der Waals surface area contributed by atoms with Gasteiger partial charge in [0.2, 0.25) is 5.91 Å². The van der Waals surface area contributed by atoms with Crippen LogP contribution in [0.15, 0.2) is 18.2 Å². The van der Waals surface area contributed by atoms with E-state index >= 15 is 0 Å². The average molecular weight is 335 g/mol. The molecule has 7 heteroatoms. The molecule has 0 aromatic heterocycles. The smallest absolute Gasteiger partial charge is 0.325 e. The maximum Gasteiger partial charge on any atom is 0.408 e. The fourth-order valence-corrected chi connectivity index (χ4v) is 2.73. The molecule has 1 aliphatic heterocycles. The number of fused-ring (bicyclic) bond motifs is 1. The lowest BCUT2D eigenvalue weighted by atomic mass is 10.0. The second kappa shape index (κ2) is 6.46. The number of carbonyl (C=O) groups excluding carboxylic acids is 1. The van der Waals surface area contributed by atoms with Gasteiger partial charge in [0.05, 0.1) is 6.54 Å². The summed E-state index contributed by atoms with van der Waals surface area (Å²) >= 11 is 5.86. The Labute approximate surface area is 132 Å². The maximum absolute atomic E-state index is 13.6. The van der Waals surface area contributed by atoms with E-state index < -0.39 is 18.1 Å². The molecule has 0 saturated heterocycles. The van der Waals surface area contributed by atoms with Crippen molar-refractivity contribution in [2.75, 3.05) is 18.4 Å². The summed E-state index contributed by atoms with van der Waals surface area (Å²) in [4.78, 5) is 13.1. The molecule has 1 aromatic rings. The largest absolute Gasteiger partial charge is 0.408 e. The SMILES string of the molecule is CC(C)CCN1CC(=O)Nc2ccc(Cl)cc2C1C(F)(F)F. The van der Waals surface area contributed by atoms with Crippen LogP contribution in [0.3, 0.4) is 0 Å². The van der Waals surface area contributed by atoms with E-state index in [1.807, 2.05) is 13.8 Å². The summed E-state index contributed by atoms with van der Waals surface area (Å²) in [5.74, 6) is -0.196. The monoisotopic (exact) mass is 334 g/mol. The molecule has 0 spiro atoms. The number of hydrogen-bond donors (Lipinski definition) is 1. The van der Waals surface area contributed by atoms with Crippen molar-refractivity contribution in [3.8, 4) is 0 Å². The van der Waals surface area contributed by atoms with Crippen molar-refractivity contribution >= 4 is 23.2 Å². The number of halogens is 4. The van der Waals surface area contributed by atoms with Gasteiger partial charge >= 0.3 is 6.18 Å². The van der Waals surface area contributed by atoms with Crippen LogP contribution in [-0.4, -0.2) is 30.1 Å². The van der Waals surface area contributed by atoms with Crippen LogP contribution in [0.2, 0.25) is 5.02 Å². The highest BCUT2D eigenvalue weighted by Crippen LogP contribution is 2.43. The Morgan fingerprint density at radius 2 is 2.09 bits per heavy atom. The maximum atomic E-state index is 13.6. The van der Waals surface area contributed by atoms with E-state index in [4.69, 9.17) is 11.6 Å². The molecule has 0 fully saturated rings. The summed E-state index contributed by atoms with van der Waals surface area (Å²) < 4.78 is 40.8. The van der Waals surface area contributed by atoms with Crippen LogP contribution in [0.25, 0.3) is 0 Å². The molecular weight excluding hydrogens is 317 g/mol. The second-order valence-corrected chi connectivity index (χ2v) is 6.31. The molecule has 2 rings (SSSR count). The van der Waals surface area contributed by atoms with Gasteiger partial charge in [-0.05, 0) is 37.1 Å². The van der Waals surface area contributed by atoms with Crippen molar-refractivity contribution in [1.82, 2.24) is 4.90 Å². The normalized spacial score (nSPS) is 19.8. The Bertz CT molecular complexity index is 560. The Morgan fingerprint density at radius 1 is 1.41 bits per heavy atom. The molecule has 1 heterocycles. The molecule has 1 aromatic carbocycles. The first-order valence-electron chi connectivity index (χ1n) is 7.08. The summed E-state index contributed by atoms with van der Waals surface area (Å²) in [6, 6.07) is 2.33. The number of rotatable bonds is 3. The number of alkyl halides is 3. The van der Waals surface area contributed by atoms with Gasteiger partial charge in [-0.2, -0.15) is 13.2 Å². The number of anilines is 1. The molecule has 0 bridgehead atoms. The Balaban J connectivity index is 2.47. The molecule has 1 unspecified atom stereocenters. The number of nitrogens with one attached hydrogen (secondary N) is 1. The molecule has 0 saturated carbocycles. The summed E-state index contributed by atoms with van der Waals surface area (Å²) in [7, 11) is 0.